The smallest absolute Gasteiger partial charge is 0.241 e. The number of sulfonamides is 1. The molecule has 0 radical (unpaired) electrons. The SMILES string of the molecule is CC1CCCN(c2ccc(CNC(=O)CN(c3cccc4ccccc34)S(C)(=O)=O)cc2)C1. The van der Waals surface area contributed by atoms with Crippen LogP contribution in [0.2, 0.25) is 0 Å². The van der Waals surface area contributed by atoms with E-state index >= 15 is 0 Å². The molecule has 1 fully saturated rings. The van der Waals surface area contributed by atoms with Crippen molar-refractivity contribution in [1.29, 1.82) is 0 Å². The average Bonchev–Trinajstić information content (AvgIpc) is 2.80. The van der Waals surface area contributed by atoms with Crippen LogP contribution in [-0.2, 0) is 21.4 Å². The molecule has 7 heteroatoms. The van der Waals surface area contributed by atoms with E-state index in [1.54, 1.807) is 12.1 Å². The van der Waals surface area contributed by atoms with E-state index in [-0.39, 0.29) is 12.5 Å². The van der Waals surface area contributed by atoms with Crippen LogP contribution in [0.3, 0.4) is 0 Å². The van der Waals surface area contributed by atoms with Crippen molar-refractivity contribution in [3.05, 3.63) is 72.3 Å². The van der Waals surface area contributed by atoms with E-state index in [1.807, 2.05) is 42.5 Å². The van der Waals surface area contributed by atoms with E-state index in [9.17, 15) is 13.2 Å². The molecular weight excluding hydrogens is 434 g/mol. The molecule has 0 aliphatic carbocycles. The summed E-state index contributed by atoms with van der Waals surface area (Å²) in [5.74, 6) is 0.361. The molecule has 3 aromatic carbocycles. The zero-order valence-corrected chi connectivity index (χ0v) is 20.0. The fourth-order valence-electron chi connectivity index (χ4n) is 4.44. The van der Waals surface area contributed by atoms with Crippen molar-refractivity contribution in [3.8, 4) is 0 Å². The Bertz CT molecular complexity index is 1220. The van der Waals surface area contributed by atoms with E-state index in [1.165, 1.54) is 22.8 Å². The molecule has 1 atom stereocenters. The molecule has 0 bridgehead atoms. The summed E-state index contributed by atoms with van der Waals surface area (Å²) in [4.78, 5) is 15.1. The van der Waals surface area contributed by atoms with Crippen LogP contribution in [0.15, 0.2) is 66.7 Å². The molecule has 1 amide bonds. The predicted octanol–water partition coefficient (Wildman–Crippen LogP) is 4.16. The summed E-state index contributed by atoms with van der Waals surface area (Å²) in [6, 6.07) is 21.3. The minimum Gasteiger partial charge on any atom is -0.371 e. The van der Waals surface area contributed by atoms with Gasteiger partial charge in [-0.25, -0.2) is 8.42 Å². The largest absolute Gasteiger partial charge is 0.371 e. The van der Waals surface area contributed by atoms with Crippen LogP contribution in [0.4, 0.5) is 11.4 Å². The summed E-state index contributed by atoms with van der Waals surface area (Å²) in [7, 11) is -3.64. The number of rotatable bonds is 7. The van der Waals surface area contributed by atoms with Gasteiger partial charge in [0.15, 0.2) is 0 Å². The Balaban J connectivity index is 1.42. The number of benzene rings is 3. The minimum absolute atomic E-state index is 0.267. The lowest BCUT2D eigenvalue weighted by atomic mass is 9.99. The summed E-state index contributed by atoms with van der Waals surface area (Å²) in [6.07, 6.45) is 3.62. The first-order valence-corrected chi connectivity index (χ1v) is 13.2. The maximum Gasteiger partial charge on any atom is 0.241 e. The molecule has 174 valence electrons. The number of anilines is 2. The highest BCUT2D eigenvalue weighted by Gasteiger charge is 2.22. The summed E-state index contributed by atoms with van der Waals surface area (Å²) in [6.45, 7) is 4.52. The van der Waals surface area contributed by atoms with Gasteiger partial charge in [-0.2, -0.15) is 0 Å². The zero-order chi connectivity index (χ0) is 23.4. The number of piperidine rings is 1. The molecule has 1 unspecified atom stereocenters. The number of nitrogens with zero attached hydrogens (tertiary/aromatic N) is 2. The van der Waals surface area contributed by atoms with Crippen LogP contribution >= 0.6 is 0 Å². The van der Waals surface area contributed by atoms with Gasteiger partial charge < -0.3 is 10.2 Å². The third-order valence-electron chi connectivity index (χ3n) is 6.17. The predicted molar refractivity (Wildman–Crippen MR) is 135 cm³/mol. The zero-order valence-electron chi connectivity index (χ0n) is 19.2. The van der Waals surface area contributed by atoms with Gasteiger partial charge in [0.2, 0.25) is 15.9 Å². The molecule has 1 saturated heterocycles. The standard InChI is InChI=1S/C26H31N3O3S/c1-20-7-6-16-28(18-20)23-14-12-21(13-15-23)17-27-26(30)19-29(33(2,31)32)25-11-5-9-22-8-3-4-10-24(22)25/h3-5,8-15,20H,6-7,16-19H2,1-2H3,(H,27,30). The Morgan fingerprint density at radius 1 is 1.06 bits per heavy atom. The number of hydrogen-bond donors (Lipinski definition) is 1. The Morgan fingerprint density at radius 3 is 2.52 bits per heavy atom. The maximum atomic E-state index is 12.7. The third kappa shape index (κ3) is 5.66. The molecule has 1 heterocycles. The Kier molecular flexibility index (Phi) is 6.88. The number of hydrogen-bond acceptors (Lipinski definition) is 4. The van der Waals surface area contributed by atoms with Crippen LogP contribution in [0.5, 0.6) is 0 Å². The van der Waals surface area contributed by atoms with Crippen molar-refractivity contribution in [1.82, 2.24) is 5.32 Å². The summed E-state index contributed by atoms with van der Waals surface area (Å²) in [5.41, 5.74) is 2.69. The van der Waals surface area contributed by atoms with Crippen LogP contribution < -0.4 is 14.5 Å². The van der Waals surface area contributed by atoms with Gasteiger partial charge in [-0.05, 0) is 47.9 Å². The normalized spacial score (nSPS) is 16.5. The fourth-order valence-corrected chi connectivity index (χ4v) is 5.31. The van der Waals surface area contributed by atoms with Crippen molar-refractivity contribution < 1.29 is 13.2 Å². The van der Waals surface area contributed by atoms with Crippen LogP contribution in [0, 0.1) is 5.92 Å². The molecule has 33 heavy (non-hydrogen) atoms. The third-order valence-corrected chi connectivity index (χ3v) is 7.30. The molecule has 1 aliphatic rings. The summed E-state index contributed by atoms with van der Waals surface area (Å²) in [5, 5.41) is 4.58. The minimum atomic E-state index is -3.64. The van der Waals surface area contributed by atoms with Gasteiger partial charge in [0, 0.05) is 30.7 Å². The number of fused-ring (bicyclic) bond motifs is 1. The highest BCUT2D eigenvalue weighted by Crippen LogP contribution is 2.28. The maximum absolute atomic E-state index is 12.7. The highest BCUT2D eigenvalue weighted by atomic mass is 32.2. The molecule has 0 saturated carbocycles. The first-order valence-electron chi connectivity index (χ1n) is 11.4. The van der Waals surface area contributed by atoms with Gasteiger partial charge in [0.1, 0.15) is 6.54 Å². The Hall–Kier alpha value is -3.06. The van der Waals surface area contributed by atoms with E-state index < -0.39 is 10.0 Å². The van der Waals surface area contributed by atoms with Crippen molar-refractivity contribution in [2.45, 2.75) is 26.3 Å². The lowest BCUT2D eigenvalue weighted by Crippen LogP contribution is -2.40. The molecule has 6 nitrogen and oxygen atoms in total. The van der Waals surface area contributed by atoms with Gasteiger partial charge in [-0.1, -0.05) is 55.5 Å². The number of amides is 1. The molecule has 3 aromatic rings. The van der Waals surface area contributed by atoms with Gasteiger partial charge in [0.05, 0.1) is 11.9 Å². The van der Waals surface area contributed by atoms with Gasteiger partial charge >= 0.3 is 0 Å². The lowest BCUT2D eigenvalue weighted by Gasteiger charge is -2.32. The molecule has 1 N–H and O–H groups in total. The average molecular weight is 466 g/mol. The quantitative estimate of drug-likeness (QED) is 0.569. The first-order chi connectivity index (χ1) is 15.8. The van der Waals surface area contributed by atoms with Crippen molar-refractivity contribution in [2.24, 2.45) is 5.92 Å². The number of carbonyl (C=O) groups excluding carboxylic acids is 1. The summed E-state index contributed by atoms with van der Waals surface area (Å²) >= 11 is 0. The molecule has 0 aromatic heterocycles. The number of carbonyl (C=O) groups is 1. The Morgan fingerprint density at radius 2 is 1.79 bits per heavy atom. The van der Waals surface area contributed by atoms with Gasteiger partial charge in [-0.3, -0.25) is 9.10 Å². The van der Waals surface area contributed by atoms with Crippen molar-refractivity contribution in [2.75, 3.05) is 35.1 Å². The fraction of sp³-hybridized carbons (Fsp3) is 0.346. The van der Waals surface area contributed by atoms with Gasteiger partial charge in [0.25, 0.3) is 0 Å². The second-order valence-corrected chi connectivity index (χ2v) is 10.8. The van der Waals surface area contributed by atoms with E-state index in [0.717, 1.165) is 35.7 Å². The van der Waals surface area contributed by atoms with Crippen molar-refractivity contribution in [3.63, 3.8) is 0 Å². The second-order valence-electron chi connectivity index (χ2n) is 8.90. The van der Waals surface area contributed by atoms with Crippen molar-refractivity contribution >= 4 is 38.1 Å². The second kappa shape index (κ2) is 9.83. The lowest BCUT2D eigenvalue weighted by molar-refractivity contribution is -0.119. The Labute approximate surface area is 196 Å². The first kappa shape index (κ1) is 23.1. The monoisotopic (exact) mass is 465 g/mol. The number of nitrogens with one attached hydrogen (secondary N) is 1. The molecule has 0 spiro atoms. The molecular formula is C26H31N3O3S. The van der Waals surface area contributed by atoms with Gasteiger partial charge in [-0.15, -0.1) is 0 Å². The summed E-state index contributed by atoms with van der Waals surface area (Å²) < 4.78 is 26.2. The van der Waals surface area contributed by atoms with E-state index in [4.69, 9.17) is 0 Å². The topological polar surface area (TPSA) is 69.7 Å². The molecule has 1 aliphatic heterocycles. The highest BCUT2D eigenvalue weighted by molar-refractivity contribution is 7.92. The molecule has 4 rings (SSSR count). The van der Waals surface area contributed by atoms with E-state index in [0.29, 0.717) is 18.2 Å². The van der Waals surface area contributed by atoms with Crippen LogP contribution in [0.25, 0.3) is 10.8 Å². The van der Waals surface area contributed by atoms with Crippen LogP contribution in [0.1, 0.15) is 25.3 Å². The van der Waals surface area contributed by atoms with E-state index in [2.05, 4.69) is 29.3 Å². The van der Waals surface area contributed by atoms with Crippen LogP contribution in [-0.4, -0.2) is 40.2 Å².